The van der Waals surface area contributed by atoms with E-state index in [1.807, 2.05) is 0 Å². The number of halogens is 2. The summed E-state index contributed by atoms with van der Waals surface area (Å²) in [7, 11) is 0. The van der Waals surface area contributed by atoms with Crippen molar-refractivity contribution in [3.8, 4) is 5.75 Å². The molecule has 0 amide bonds. The highest BCUT2D eigenvalue weighted by atomic mass is 19.1. The van der Waals surface area contributed by atoms with E-state index in [1.54, 1.807) is 12.1 Å². The summed E-state index contributed by atoms with van der Waals surface area (Å²) in [4.78, 5) is 22.6. The predicted molar refractivity (Wildman–Crippen MR) is 78.3 cm³/mol. The molecule has 2 aromatic carbocycles. The smallest absolute Gasteiger partial charge is 0.303 e. The Kier molecular flexibility index (Phi) is 5.41. The van der Waals surface area contributed by atoms with Crippen molar-refractivity contribution >= 4 is 11.8 Å². The lowest BCUT2D eigenvalue weighted by atomic mass is 10.1. The molecule has 0 aromatic heterocycles. The largest absolute Gasteiger partial charge is 0.488 e. The van der Waals surface area contributed by atoms with Crippen molar-refractivity contribution in [1.82, 2.24) is 0 Å². The molecule has 1 N–H and O–H groups in total. The first-order chi connectivity index (χ1) is 11.0. The molecule has 0 bridgehead atoms. The number of hydrogen-bond donors (Lipinski definition) is 1. The van der Waals surface area contributed by atoms with E-state index in [9.17, 15) is 18.4 Å². The van der Waals surface area contributed by atoms with Gasteiger partial charge in [0.05, 0.1) is 17.5 Å². The minimum absolute atomic E-state index is 0.158. The summed E-state index contributed by atoms with van der Waals surface area (Å²) in [5, 5.41) is 8.62. The van der Waals surface area contributed by atoms with Gasteiger partial charge in [-0.15, -0.1) is 0 Å². The van der Waals surface area contributed by atoms with E-state index in [-0.39, 0.29) is 36.3 Å². The van der Waals surface area contributed by atoms with Crippen LogP contribution in [-0.4, -0.2) is 16.9 Å². The molecule has 2 rings (SSSR count). The molecule has 4 nitrogen and oxygen atoms in total. The molecule has 0 heterocycles. The van der Waals surface area contributed by atoms with Gasteiger partial charge in [0.15, 0.2) is 5.78 Å². The van der Waals surface area contributed by atoms with Crippen LogP contribution in [0.15, 0.2) is 42.5 Å². The van der Waals surface area contributed by atoms with Crippen molar-refractivity contribution in [2.24, 2.45) is 0 Å². The number of ketones is 1. The third-order valence-corrected chi connectivity index (χ3v) is 3.19. The van der Waals surface area contributed by atoms with Crippen LogP contribution in [0.2, 0.25) is 0 Å². The number of carboxylic acids is 1. The zero-order chi connectivity index (χ0) is 16.8. The van der Waals surface area contributed by atoms with Crippen LogP contribution in [-0.2, 0) is 11.4 Å². The fourth-order valence-electron chi connectivity index (χ4n) is 2.00. The van der Waals surface area contributed by atoms with Crippen molar-refractivity contribution in [2.45, 2.75) is 19.4 Å². The number of benzene rings is 2. The maximum Gasteiger partial charge on any atom is 0.303 e. The number of rotatable bonds is 7. The van der Waals surface area contributed by atoms with Crippen LogP contribution in [0.5, 0.6) is 5.75 Å². The molecule has 0 aliphatic heterocycles. The maximum atomic E-state index is 13.6. The van der Waals surface area contributed by atoms with Crippen LogP contribution >= 0.6 is 0 Å². The number of aliphatic carboxylic acids is 1. The molecule has 0 fully saturated rings. The van der Waals surface area contributed by atoms with E-state index >= 15 is 0 Å². The van der Waals surface area contributed by atoms with Gasteiger partial charge in [0, 0.05) is 6.42 Å². The van der Waals surface area contributed by atoms with Gasteiger partial charge >= 0.3 is 5.97 Å². The molecule has 0 aliphatic rings. The third kappa shape index (κ3) is 4.35. The minimum atomic E-state index is -1.08. The second kappa shape index (κ2) is 7.49. The van der Waals surface area contributed by atoms with Gasteiger partial charge in [-0.1, -0.05) is 18.2 Å². The summed E-state index contributed by atoms with van der Waals surface area (Å²) in [5.74, 6) is -2.80. The predicted octanol–water partition coefficient (Wildman–Crippen LogP) is 3.59. The zero-order valence-electron chi connectivity index (χ0n) is 12.1. The van der Waals surface area contributed by atoms with Gasteiger partial charge in [0.2, 0.25) is 0 Å². The van der Waals surface area contributed by atoms with Gasteiger partial charge in [-0.3, -0.25) is 9.59 Å². The first-order valence-corrected chi connectivity index (χ1v) is 6.88. The molecular weight excluding hydrogens is 306 g/mol. The summed E-state index contributed by atoms with van der Waals surface area (Å²) in [6.07, 6.45) is -0.473. The fraction of sp³-hybridized carbons (Fsp3) is 0.176. The average Bonchev–Trinajstić information content (AvgIpc) is 2.52. The van der Waals surface area contributed by atoms with Gasteiger partial charge in [-0.25, -0.2) is 8.78 Å². The Bertz CT molecular complexity index is 708. The Morgan fingerprint density at radius 2 is 1.61 bits per heavy atom. The van der Waals surface area contributed by atoms with Gasteiger partial charge in [-0.05, 0) is 24.3 Å². The quantitative estimate of drug-likeness (QED) is 0.792. The Hall–Kier alpha value is -2.76. The maximum absolute atomic E-state index is 13.6. The van der Waals surface area contributed by atoms with Gasteiger partial charge in [0.25, 0.3) is 0 Å². The molecule has 0 spiro atoms. The standard InChI is InChI=1S/C17H14F2O4/c18-13-5-3-6-14(19)12(13)10-23-16-7-2-1-4-11(16)15(20)8-9-17(21)22/h1-7H,8-10H2,(H,21,22). The van der Waals surface area contributed by atoms with Crippen LogP contribution in [0, 0.1) is 11.6 Å². The molecule has 120 valence electrons. The molecule has 0 radical (unpaired) electrons. The normalized spacial score (nSPS) is 10.3. The minimum Gasteiger partial charge on any atom is -0.488 e. The number of carboxylic acid groups (broad SMARTS) is 1. The third-order valence-electron chi connectivity index (χ3n) is 3.19. The van der Waals surface area contributed by atoms with Crippen molar-refractivity contribution in [1.29, 1.82) is 0 Å². The van der Waals surface area contributed by atoms with E-state index < -0.39 is 23.4 Å². The highest BCUT2D eigenvalue weighted by Gasteiger charge is 2.15. The van der Waals surface area contributed by atoms with Crippen molar-refractivity contribution < 1.29 is 28.2 Å². The first-order valence-electron chi connectivity index (χ1n) is 6.88. The molecule has 0 saturated heterocycles. The van der Waals surface area contributed by atoms with Gasteiger partial charge in [-0.2, -0.15) is 0 Å². The summed E-state index contributed by atoms with van der Waals surface area (Å²) in [5.41, 5.74) is -0.0502. The lowest BCUT2D eigenvalue weighted by molar-refractivity contribution is -0.136. The van der Waals surface area contributed by atoms with Crippen LogP contribution in [0.1, 0.15) is 28.8 Å². The van der Waals surface area contributed by atoms with E-state index in [0.29, 0.717) is 0 Å². The van der Waals surface area contributed by atoms with Crippen LogP contribution in [0.4, 0.5) is 8.78 Å². The van der Waals surface area contributed by atoms with Crippen molar-refractivity contribution in [2.75, 3.05) is 0 Å². The first kappa shape index (κ1) is 16.6. The van der Waals surface area contributed by atoms with Gasteiger partial charge < -0.3 is 9.84 Å². The molecule has 2 aromatic rings. The number of carbonyl (C=O) groups excluding carboxylic acids is 1. The highest BCUT2D eigenvalue weighted by molar-refractivity contribution is 5.99. The van der Waals surface area contributed by atoms with Gasteiger partial charge in [0.1, 0.15) is 24.0 Å². The Labute approximate surface area is 131 Å². The number of Topliss-reactive ketones (excluding diaryl/α,β-unsaturated/α-hetero) is 1. The summed E-state index contributed by atoms with van der Waals surface area (Å²) in [6.45, 7) is -0.373. The van der Waals surface area contributed by atoms with Crippen molar-refractivity contribution in [3.05, 3.63) is 65.2 Å². The monoisotopic (exact) mass is 320 g/mol. The van der Waals surface area contributed by atoms with Crippen LogP contribution in [0.25, 0.3) is 0 Å². The molecule has 23 heavy (non-hydrogen) atoms. The number of hydrogen-bond acceptors (Lipinski definition) is 3. The molecule has 0 atom stereocenters. The average molecular weight is 320 g/mol. The summed E-state index contributed by atoms with van der Waals surface area (Å²) >= 11 is 0. The SMILES string of the molecule is O=C(O)CCC(=O)c1ccccc1OCc1c(F)cccc1F. The second-order valence-electron chi connectivity index (χ2n) is 4.80. The number of para-hydroxylation sites is 1. The molecule has 6 heteroatoms. The Morgan fingerprint density at radius 3 is 2.26 bits per heavy atom. The highest BCUT2D eigenvalue weighted by Crippen LogP contribution is 2.22. The molecule has 0 aliphatic carbocycles. The fourth-order valence-corrected chi connectivity index (χ4v) is 2.00. The summed E-state index contributed by atoms with van der Waals surface area (Å²) in [6, 6.07) is 9.67. The lowest BCUT2D eigenvalue weighted by Crippen LogP contribution is -2.08. The second-order valence-corrected chi connectivity index (χ2v) is 4.80. The van der Waals surface area contributed by atoms with E-state index in [1.165, 1.54) is 18.2 Å². The number of ether oxygens (including phenoxy) is 1. The van der Waals surface area contributed by atoms with Crippen molar-refractivity contribution in [3.63, 3.8) is 0 Å². The zero-order valence-corrected chi connectivity index (χ0v) is 12.1. The summed E-state index contributed by atoms with van der Waals surface area (Å²) < 4.78 is 32.5. The number of carbonyl (C=O) groups is 2. The molecule has 0 saturated carbocycles. The Balaban J connectivity index is 2.14. The van der Waals surface area contributed by atoms with E-state index in [0.717, 1.165) is 12.1 Å². The van der Waals surface area contributed by atoms with E-state index in [4.69, 9.17) is 9.84 Å². The molecular formula is C17H14F2O4. The topological polar surface area (TPSA) is 63.6 Å². The lowest BCUT2D eigenvalue weighted by Gasteiger charge is -2.11. The Morgan fingerprint density at radius 1 is 0.957 bits per heavy atom. The van der Waals surface area contributed by atoms with Crippen LogP contribution in [0.3, 0.4) is 0 Å². The molecule has 0 unspecified atom stereocenters. The van der Waals surface area contributed by atoms with Crippen LogP contribution < -0.4 is 4.74 Å². The van der Waals surface area contributed by atoms with E-state index in [2.05, 4.69) is 0 Å².